The Bertz CT molecular complexity index is 302. The van der Waals surface area contributed by atoms with Crippen LogP contribution in [0.2, 0.25) is 0 Å². The van der Waals surface area contributed by atoms with Gasteiger partial charge in [-0.25, -0.2) is 4.79 Å². The molecule has 0 bridgehead atoms. The molecule has 0 saturated carbocycles. The van der Waals surface area contributed by atoms with Gasteiger partial charge in [-0.05, 0) is 6.42 Å². The highest BCUT2D eigenvalue weighted by molar-refractivity contribution is 5.65. The molecule has 0 rings (SSSR count). The molecular weight excluding hydrogens is 304 g/mol. The molecule has 0 aromatic heterocycles. The van der Waals surface area contributed by atoms with Gasteiger partial charge in [-0.3, -0.25) is 4.90 Å². The Labute approximate surface area is 118 Å². The third-order valence-corrected chi connectivity index (χ3v) is 2.93. The zero-order chi connectivity index (χ0) is 16.7. The van der Waals surface area contributed by atoms with Gasteiger partial charge in [0.25, 0.3) is 0 Å². The molecule has 1 amide bonds. The highest BCUT2D eigenvalue weighted by atomic mass is 19.4. The molecule has 0 fully saturated rings. The fourth-order valence-corrected chi connectivity index (χ4v) is 1.94. The maximum Gasteiger partial charge on any atom is 0.417 e. The highest BCUT2D eigenvalue weighted by Gasteiger charge is 2.61. The standard InChI is InChI=1S/C12H19F6NO2/c1-2-3-4-5-6-7-8-19(10(20)21)9(11(13,14)15)12(16,17)18/h9H,2-8H2,1H3,(H,20,21). The van der Waals surface area contributed by atoms with Crippen molar-refractivity contribution in [3.05, 3.63) is 0 Å². The largest absolute Gasteiger partial charge is 0.465 e. The Hall–Kier alpha value is -1.15. The third-order valence-electron chi connectivity index (χ3n) is 2.93. The Kier molecular flexibility index (Phi) is 7.87. The predicted octanol–water partition coefficient (Wildman–Crippen LogP) is 4.82. The number of carbonyl (C=O) groups is 1. The van der Waals surface area contributed by atoms with Gasteiger partial charge in [-0.1, -0.05) is 39.0 Å². The smallest absolute Gasteiger partial charge is 0.417 e. The Balaban J connectivity index is 4.68. The van der Waals surface area contributed by atoms with Crippen molar-refractivity contribution in [3.63, 3.8) is 0 Å². The molecule has 3 nitrogen and oxygen atoms in total. The summed E-state index contributed by atoms with van der Waals surface area (Å²) in [4.78, 5) is 10.2. The number of nitrogens with zero attached hydrogens (tertiary/aromatic N) is 1. The summed E-state index contributed by atoms with van der Waals surface area (Å²) in [6, 6.07) is -3.97. The van der Waals surface area contributed by atoms with Crippen molar-refractivity contribution in [3.8, 4) is 0 Å². The minimum absolute atomic E-state index is 0.0291. The maximum atomic E-state index is 12.5. The van der Waals surface area contributed by atoms with Crippen molar-refractivity contribution in [1.29, 1.82) is 0 Å². The number of halogens is 6. The van der Waals surface area contributed by atoms with E-state index in [0.717, 1.165) is 19.3 Å². The second kappa shape index (κ2) is 8.33. The molecule has 0 aromatic carbocycles. The normalized spacial score (nSPS) is 12.8. The van der Waals surface area contributed by atoms with Crippen LogP contribution in [0.3, 0.4) is 0 Å². The van der Waals surface area contributed by atoms with E-state index >= 15 is 0 Å². The van der Waals surface area contributed by atoms with Gasteiger partial charge in [0.1, 0.15) is 0 Å². The zero-order valence-corrected chi connectivity index (χ0v) is 11.6. The minimum Gasteiger partial charge on any atom is -0.465 e. The predicted molar refractivity (Wildman–Crippen MR) is 64.0 cm³/mol. The van der Waals surface area contributed by atoms with E-state index < -0.39 is 35.9 Å². The van der Waals surface area contributed by atoms with Crippen LogP contribution in [0, 0.1) is 0 Å². The van der Waals surface area contributed by atoms with Crippen LogP contribution in [0.1, 0.15) is 45.4 Å². The molecule has 0 aliphatic carbocycles. The van der Waals surface area contributed by atoms with Crippen LogP contribution in [-0.2, 0) is 0 Å². The number of hydrogen-bond acceptors (Lipinski definition) is 1. The Morgan fingerprint density at radius 2 is 1.38 bits per heavy atom. The van der Waals surface area contributed by atoms with Crippen LogP contribution in [0.25, 0.3) is 0 Å². The maximum absolute atomic E-state index is 12.5. The summed E-state index contributed by atoms with van der Waals surface area (Å²) in [6.07, 6.45) is -9.86. The van der Waals surface area contributed by atoms with E-state index in [2.05, 4.69) is 0 Å². The summed E-state index contributed by atoms with van der Waals surface area (Å²) in [5, 5.41) is 8.64. The second-order valence-electron chi connectivity index (χ2n) is 4.73. The van der Waals surface area contributed by atoms with Gasteiger partial charge in [0.15, 0.2) is 0 Å². The molecule has 0 radical (unpaired) electrons. The lowest BCUT2D eigenvalue weighted by Crippen LogP contribution is -2.56. The van der Waals surface area contributed by atoms with Gasteiger partial charge < -0.3 is 5.11 Å². The fraction of sp³-hybridized carbons (Fsp3) is 0.917. The number of unbranched alkanes of at least 4 members (excludes halogenated alkanes) is 5. The molecule has 0 saturated heterocycles. The van der Waals surface area contributed by atoms with Crippen molar-refractivity contribution in [2.24, 2.45) is 0 Å². The van der Waals surface area contributed by atoms with Gasteiger partial charge in [0.2, 0.25) is 6.04 Å². The highest BCUT2D eigenvalue weighted by Crippen LogP contribution is 2.37. The van der Waals surface area contributed by atoms with Crippen LogP contribution < -0.4 is 0 Å². The molecule has 0 heterocycles. The second-order valence-corrected chi connectivity index (χ2v) is 4.73. The number of carboxylic acid groups (broad SMARTS) is 1. The molecule has 21 heavy (non-hydrogen) atoms. The first-order valence-corrected chi connectivity index (χ1v) is 6.64. The van der Waals surface area contributed by atoms with Crippen LogP contribution in [0.5, 0.6) is 0 Å². The van der Waals surface area contributed by atoms with Gasteiger partial charge in [0.05, 0.1) is 0 Å². The average molecular weight is 323 g/mol. The number of amides is 1. The molecular formula is C12H19F6NO2. The summed E-state index contributed by atoms with van der Waals surface area (Å²) >= 11 is 0. The summed E-state index contributed by atoms with van der Waals surface area (Å²) < 4.78 is 74.9. The lowest BCUT2D eigenvalue weighted by atomic mass is 10.1. The molecule has 126 valence electrons. The SMILES string of the molecule is CCCCCCCCN(C(=O)O)C(C(F)(F)F)C(F)(F)F. The lowest BCUT2D eigenvalue weighted by Gasteiger charge is -2.32. The third kappa shape index (κ3) is 7.42. The topological polar surface area (TPSA) is 40.5 Å². The van der Waals surface area contributed by atoms with E-state index in [-0.39, 0.29) is 6.42 Å². The van der Waals surface area contributed by atoms with Gasteiger partial charge in [0, 0.05) is 6.54 Å². The molecule has 9 heteroatoms. The van der Waals surface area contributed by atoms with E-state index in [0.29, 0.717) is 12.8 Å². The quantitative estimate of drug-likeness (QED) is 0.514. The molecule has 0 aliphatic rings. The lowest BCUT2D eigenvalue weighted by molar-refractivity contribution is -0.281. The van der Waals surface area contributed by atoms with Gasteiger partial charge in [-0.15, -0.1) is 0 Å². The van der Waals surface area contributed by atoms with Crippen molar-refractivity contribution in [1.82, 2.24) is 4.90 Å². The van der Waals surface area contributed by atoms with Crippen LogP contribution >= 0.6 is 0 Å². The number of alkyl halides is 6. The summed E-state index contributed by atoms with van der Waals surface area (Å²) in [6.45, 7) is 1.18. The molecule has 1 N–H and O–H groups in total. The van der Waals surface area contributed by atoms with E-state index in [1.54, 1.807) is 0 Å². The number of hydrogen-bond donors (Lipinski definition) is 1. The first-order chi connectivity index (χ1) is 9.51. The Morgan fingerprint density at radius 1 is 0.952 bits per heavy atom. The summed E-state index contributed by atoms with van der Waals surface area (Å²) in [5.41, 5.74) is 0. The average Bonchev–Trinajstić information content (AvgIpc) is 2.28. The zero-order valence-electron chi connectivity index (χ0n) is 11.6. The minimum atomic E-state index is -5.68. The van der Waals surface area contributed by atoms with E-state index in [4.69, 9.17) is 5.11 Å². The van der Waals surface area contributed by atoms with Gasteiger partial charge >= 0.3 is 18.4 Å². The first kappa shape index (κ1) is 19.9. The number of rotatable bonds is 8. The molecule has 0 spiro atoms. The van der Waals surface area contributed by atoms with Crippen LogP contribution in [0.15, 0.2) is 0 Å². The fourth-order valence-electron chi connectivity index (χ4n) is 1.94. The summed E-state index contributed by atoms with van der Waals surface area (Å²) in [7, 11) is 0. The van der Waals surface area contributed by atoms with E-state index in [1.165, 1.54) is 0 Å². The van der Waals surface area contributed by atoms with E-state index in [1.807, 2.05) is 6.92 Å². The monoisotopic (exact) mass is 323 g/mol. The van der Waals surface area contributed by atoms with Crippen molar-refractivity contribution in [2.75, 3.05) is 6.54 Å². The molecule has 0 atom stereocenters. The van der Waals surface area contributed by atoms with Crippen molar-refractivity contribution < 1.29 is 36.2 Å². The summed E-state index contributed by atoms with van der Waals surface area (Å²) in [5.74, 6) is 0. The molecule has 0 unspecified atom stereocenters. The molecule has 0 aliphatic heterocycles. The van der Waals surface area contributed by atoms with Crippen LogP contribution in [0.4, 0.5) is 31.1 Å². The Morgan fingerprint density at radius 3 is 1.76 bits per heavy atom. The van der Waals surface area contributed by atoms with Crippen LogP contribution in [-0.4, -0.2) is 41.0 Å². The van der Waals surface area contributed by atoms with Gasteiger partial charge in [-0.2, -0.15) is 26.3 Å². The first-order valence-electron chi connectivity index (χ1n) is 6.64. The van der Waals surface area contributed by atoms with E-state index in [9.17, 15) is 31.1 Å². The molecule has 0 aromatic rings. The van der Waals surface area contributed by atoms with Crippen molar-refractivity contribution in [2.45, 2.75) is 63.8 Å². The van der Waals surface area contributed by atoms with Crippen molar-refractivity contribution >= 4 is 6.09 Å².